The Balaban J connectivity index is 1.31. The number of aromatic nitrogens is 2. The minimum absolute atomic E-state index is 0.100. The maximum absolute atomic E-state index is 13.0. The highest BCUT2D eigenvalue weighted by atomic mass is 32.1. The van der Waals surface area contributed by atoms with Crippen molar-refractivity contribution in [2.24, 2.45) is 5.92 Å². The third kappa shape index (κ3) is 4.17. The topological polar surface area (TPSA) is 106 Å². The number of carbonyl (C=O) groups excluding carboxylic acids is 2. The number of rotatable bonds is 7. The van der Waals surface area contributed by atoms with E-state index < -0.39 is 5.92 Å². The van der Waals surface area contributed by atoms with E-state index in [1.54, 1.807) is 17.0 Å². The van der Waals surface area contributed by atoms with Gasteiger partial charge in [0.15, 0.2) is 16.6 Å². The molecule has 3 heterocycles. The maximum Gasteiger partial charge on any atom is 0.231 e. The lowest BCUT2D eigenvalue weighted by Crippen LogP contribution is -2.28. The van der Waals surface area contributed by atoms with Gasteiger partial charge in [0, 0.05) is 53.1 Å². The summed E-state index contributed by atoms with van der Waals surface area (Å²) in [5.74, 6) is 0.410. The number of carbonyl (C=O) groups is 2. The summed E-state index contributed by atoms with van der Waals surface area (Å²) >= 11 is 1.35. The number of hydrogen-bond donors (Lipinski definition) is 2. The lowest BCUT2D eigenvalue weighted by atomic mass is 10.1. The van der Waals surface area contributed by atoms with Crippen LogP contribution < -0.4 is 24.4 Å². The molecule has 1 aliphatic rings. The lowest BCUT2D eigenvalue weighted by molar-refractivity contribution is -0.122. The number of nitrogens with one attached hydrogen (secondary N) is 2. The summed E-state index contributed by atoms with van der Waals surface area (Å²) in [5, 5.41) is 6.35. The maximum atomic E-state index is 13.0. The van der Waals surface area contributed by atoms with Crippen molar-refractivity contribution < 1.29 is 23.8 Å². The van der Waals surface area contributed by atoms with Crippen LogP contribution in [0.2, 0.25) is 0 Å². The van der Waals surface area contributed by atoms with Crippen LogP contribution >= 0.6 is 11.3 Å². The molecule has 2 aromatic heterocycles. The highest BCUT2D eigenvalue weighted by Crippen LogP contribution is 2.42. The van der Waals surface area contributed by atoms with Gasteiger partial charge >= 0.3 is 0 Å². The van der Waals surface area contributed by atoms with Crippen LogP contribution in [-0.4, -0.2) is 49.7 Å². The number of hydrogen-bond acceptors (Lipinski definition) is 7. The molecular weight excluding hydrogens is 468 g/mol. The van der Waals surface area contributed by atoms with Gasteiger partial charge in [-0.25, -0.2) is 4.98 Å². The molecule has 0 aliphatic carbocycles. The van der Waals surface area contributed by atoms with Crippen molar-refractivity contribution in [3.05, 3.63) is 48.0 Å². The largest absolute Gasteiger partial charge is 0.493 e. The first-order chi connectivity index (χ1) is 17.0. The van der Waals surface area contributed by atoms with E-state index >= 15 is 0 Å². The van der Waals surface area contributed by atoms with Gasteiger partial charge in [0.2, 0.25) is 17.6 Å². The molecule has 35 heavy (non-hydrogen) atoms. The second-order valence-electron chi connectivity index (χ2n) is 8.06. The van der Waals surface area contributed by atoms with Crippen LogP contribution in [0.5, 0.6) is 17.2 Å². The Labute approximate surface area is 205 Å². The third-order valence-electron chi connectivity index (χ3n) is 6.06. The first kappa shape index (κ1) is 22.7. The van der Waals surface area contributed by atoms with Crippen LogP contribution in [0.15, 0.2) is 48.0 Å². The van der Waals surface area contributed by atoms with E-state index in [0.717, 1.165) is 22.2 Å². The predicted molar refractivity (Wildman–Crippen MR) is 135 cm³/mol. The molecule has 0 bridgehead atoms. The van der Waals surface area contributed by atoms with Crippen molar-refractivity contribution in [1.29, 1.82) is 0 Å². The molecule has 1 aliphatic heterocycles. The quantitative estimate of drug-likeness (QED) is 0.398. The van der Waals surface area contributed by atoms with Gasteiger partial charge in [-0.1, -0.05) is 18.2 Å². The van der Waals surface area contributed by atoms with Crippen molar-refractivity contribution >= 4 is 44.9 Å². The average Bonchev–Trinajstić information content (AvgIpc) is 3.61. The number of methoxy groups -OCH3 is 3. The average molecular weight is 493 g/mol. The van der Waals surface area contributed by atoms with Crippen molar-refractivity contribution in [3.8, 4) is 28.5 Å². The van der Waals surface area contributed by atoms with Gasteiger partial charge in [0.25, 0.3) is 0 Å². The number of aromatic amines is 1. The van der Waals surface area contributed by atoms with Gasteiger partial charge in [-0.15, -0.1) is 11.3 Å². The monoisotopic (exact) mass is 492 g/mol. The lowest BCUT2D eigenvalue weighted by Gasteiger charge is -2.20. The molecule has 2 aromatic carbocycles. The number of fused-ring (bicyclic) bond motifs is 1. The van der Waals surface area contributed by atoms with Gasteiger partial charge in [-0.05, 0) is 6.07 Å². The fourth-order valence-corrected chi connectivity index (χ4v) is 5.02. The van der Waals surface area contributed by atoms with E-state index in [2.05, 4.69) is 15.3 Å². The van der Waals surface area contributed by atoms with Crippen LogP contribution in [0.3, 0.4) is 0 Å². The number of anilines is 2. The Morgan fingerprint density at radius 2 is 1.89 bits per heavy atom. The van der Waals surface area contributed by atoms with Crippen molar-refractivity contribution in [3.63, 3.8) is 0 Å². The Morgan fingerprint density at radius 1 is 1.14 bits per heavy atom. The zero-order valence-electron chi connectivity index (χ0n) is 19.5. The third-order valence-corrected chi connectivity index (χ3v) is 6.81. The molecular formula is C25H24N4O5S. The fourth-order valence-electron chi connectivity index (χ4n) is 4.30. The van der Waals surface area contributed by atoms with Crippen LogP contribution in [0.25, 0.3) is 22.2 Å². The van der Waals surface area contributed by atoms with Crippen molar-refractivity contribution in [2.75, 3.05) is 38.1 Å². The summed E-state index contributed by atoms with van der Waals surface area (Å²) in [7, 11) is 4.55. The Hall–Kier alpha value is -4.05. The van der Waals surface area contributed by atoms with Crippen LogP contribution in [0.1, 0.15) is 6.42 Å². The molecule has 9 nitrogen and oxygen atoms in total. The molecule has 0 saturated carbocycles. The van der Waals surface area contributed by atoms with Gasteiger partial charge in [-0.3, -0.25) is 9.59 Å². The molecule has 180 valence electrons. The normalized spacial score (nSPS) is 15.5. The molecule has 1 saturated heterocycles. The highest BCUT2D eigenvalue weighted by molar-refractivity contribution is 7.14. The fraction of sp³-hybridized carbons (Fsp3) is 0.240. The zero-order valence-corrected chi connectivity index (χ0v) is 20.3. The summed E-state index contributed by atoms with van der Waals surface area (Å²) in [4.78, 5) is 35.2. The van der Waals surface area contributed by atoms with Gasteiger partial charge < -0.3 is 29.4 Å². The molecule has 5 rings (SSSR count). The number of thiazole rings is 1. The van der Waals surface area contributed by atoms with Gasteiger partial charge in [-0.2, -0.15) is 0 Å². The van der Waals surface area contributed by atoms with Crippen LogP contribution in [-0.2, 0) is 9.59 Å². The number of benzene rings is 2. The van der Waals surface area contributed by atoms with E-state index in [1.807, 2.05) is 35.8 Å². The number of para-hydroxylation sites is 1. The van der Waals surface area contributed by atoms with E-state index in [0.29, 0.717) is 28.1 Å². The van der Waals surface area contributed by atoms with Gasteiger partial charge in [0.05, 0.1) is 38.6 Å². The van der Waals surface area contributed by atoms with Crippen molar-refractivity contribution in [1.82, 2.24) is 9.97 Å². The summed E-state index contributed by atoms with van der Waals surface area (Å²) < 4.78 is 16.1. The first-order valence-electron chi connectivity index (χ1n) is 11.0. The predicted octanol–water partition coefficient (Wildman–Crippen LogP) is 4.31. The van der Waals surface area contributed by atoms with E-state index in [1.165, 1.54) is 32.7 Å². The Bertz CT molecular complexity index is 1390. The second-order valence-corrected chi connectivity index (χ2v) is 8.92. The number of nitrogens with zero attached hydrogens (tertiary/aromatic N) is 2. The molecule has 1 atom stereocenters. The zero-order chi connectivity index (χ0) is 24.5. The second kappa shape index (κ2) is 9.30. The van der Waals surface area contributed by atoms with E-state index in [-0.39, 0.29) is 24.8 Å². The summed E-state index contributed by atoms with van der Waals surface area (Å²) in [6, 6.07) is 11.4. The molecule has 1 fully saturated rings. The van der Waals surface area contributed by atoms with Gasteiger partial charge in [0.1, 0.15) is 0 Å². The minimum atomic E-state index is -0.512. The highest BCUT2D eigenvalue weighted by Gasteiger charge is 2.36. The van der Waals surface area contributed by atoms with Crippen molar-refractivity contribution in [2.45, 2.75) is 6.42 Å². The van der Waals surface area contributed by atoms with E-state index in [9.17, 15) is 9.59 Å². The molecule has 1 unspecified atom stereocenters. The minimum Gasteiger partial charge on any atom is -0.493 e. The molecule has 4 aromatic rings. The molecule has 0 spiro atoms. The Kier molecular flexibility index (Phi) is 6.04. The summed E-state index contributed by atoms with van der Waals surface area (Å²) in [5.41, 5.74) is 3.36. The summed E-state index contributed by atoms with van der Waals surface area (Å²) in [6.07, 6.45) is 2.01. The summed E-state index contributed by atoms with van der Waals surface area (Å²) in [6.45, 7) is 0.240. The molecule has 2 N–H and O–H groups in total. The number of H-pyrrole nitrogens is 1. The van der Waals surface area contributed by atoms with E-state index in [4.69, 9.17) is 14.2 Å². The standard InChI is InChI=1S/C25H24N4O5S/c1-32-20-9-15(10-21(33-2)23(20)34-3)29-12-14(8-22(29)30)24(31)28-25-27-19(13-35-25)17-11-26-18-7-5-4-6-16(17)18/h4-7,9-11,13-14,26H,8,12H2,1-3H3,(H,27,28,31). The number of ether oxygens (including phenoxy) is 3. The number of amides is 2. The Morgan fingerprint density at radius 3 is 2.60 bits per heavy atom. The molecule has 0 radical (unpaired) electrons. The van der Waals surface area contributed by atoms with Crippen LogP contribution in [0.4, 0.5) is 10.8 Å². The smallest absolute Gasteiger partial charge is 0.231 e. The SMILES string of the molecule is COc1cc(N2CC(C(=O)Nc3nc(-c4c[nH]c5ccccc45)cs3)CC2=O)cc(OC)c1OC. The first-order valence-corrected chi connectivity index (χ1v) is 11.8. The van der Waals surface area contributed by atoms with Crippen LogP contribution in [0, 0.1) is 5.92 Å². The molecule has 10 heteroatoms. The molecule has 2 amide bonds.